The van der Waals surface area contributed by atoms with Gasteiger partial charge in [0.2, 0.25) is 0 Å². The molecule has 0 bridgehead atoms. The second kappa shape index (κ2) is 6.95. The van der Waals surface area contributed by atoms with Crippen molar-refractivity contribution in [3.05, 3.63) is 28.0 Å². The largest absolute Gasteiger partial charge is 0.388 e. The molecule has 1 aromatic rings. The summed E-state index contributed by atoms with van der Waals surface area (Å²) in [6.45, 7) is 2.41. The van der Waals surface area contributed by atoms with Gasteiger partial charge in [0.15, 0.2) is 0 Å². The first kappa shape index (κ1) is 16.5. The molecule has 1 aliphatic rings. The Labute approximate surface area is 134 Å². The highest BCUT2D eigenvalue weighted by atomic mass is 35.5. The first-order valence-electron chi connectivity index (χ1n) is 7.26. The van der Waals surface area contributed by atoms with Crippen LogP contribution in [0.25, 0.3) is 0 Å². The van der Waals surface area contributed by atoms with Gasteiger partial charge in [-0.1, -0.05) is 36.5 Å². The van der Waals surface area contributed by atoms with Crippen molar-refractivity contribution >= 4 is 29.1 Å². The van der Waals surface area contributed by atoms with Crippen LogP contribution in [0.15, 0.2) is 12.1 Å². The van der Waals surface area contributed by atoms with Crippen LogP contribution in [-0.2, 0) is 0 Å². The van der Waals surface area contributed by atoms with Gasteiger partial charge in [0, 0.05) is 6.54 Å². The maximum atomic E-state index is 12.1. The Morgan fingerprint density at radius 3 is 2.67 bits per heavy atom. The van der Waals surface area contributed by atoms with Crippen molar-refractivity contribution in [1.29, 1.82) is 0 Å². The number of nitrogens with zero attached hydrogens (tertiary/aromatic N) is 1. The Bertz CT molecular complexity index is 514. The normalized spacial score (nSPS) is 25.6. The predicted octanol–water partition coefficient (Wildman–Crippen LogP) is 3.45. The lowest BCUT2D eigenvalue weighted by Crippen LogP contribution is -2.45. The predicted molar refractivity (Wildman–Crippen MR) is 83.8 cm³/mol. The molecule has 0 saturated heterocycles. The number of aliphatic hydroxyl groups is 1. The van der Waals surface area contributed by atoms with E-state index in [1.165, 1.54) is 12.1 Å². The average molecular weight is 331 g/mol. The number of pyridine rings is 1. The first-order valence-corrected chi connectivity index (χ1v) is 8.02. The molecule has 4 nitrogen and oxygen atoms in total. The molecular weight excluding hydrogens is 311 g/mol. The Kier molecular flexibility index (Phi) is 5.47. The van der Waals surface area contributed by atoms with E-state index in [-0.39, 0.29) is 28.3 Å². The highest BCUT2D eigenvalue weighted by molar-refractivity contribution is 6.34. The van der Waals surface area contributed by atoms with E-state index in [9.17, 15) is 9.90 Å². The molecule has 6 heteroatoms. The van der Waals surface area contributed by atoms with Crippen LogP contribution in [0.2, 0.25) is 10.3 Å². The van der Waals surface area contributed by atoms with Crippen molar-refractivity contribution in [3.8, 4) is 0 Å². The molecule has 1 aromatic heterocycles. The van der Waals surface area contributed by atoms with Gasteiger partial charge in [-0.25, -0.2) is 4.98 Å². The summed E-state index contributed by atoms with van der Waals surface area (Å²) in [4.78, 5) is 15.9. The maximum Gasteiger partial charge on any atom is 0.254 e. The molecule has 1 fully saturated rings. The van der Waals surface area contributed by atoms with Gasteiger partial charge in [-0.3, -0.25) is 4.79 Å². The lowest BCUT2D eigenvalue weighted by atomic mass is 9.78. The summed E-state index contributed by atoms with van der Waals surface area (Å²) in [5, 5.41) is 13.6. The maximum absolute atomic E-state index is 12.1. The molecule has 0 aliphatic heterocycles. The molecule has 1 heterocycles. The molecule has 21 heavy (non-hydrogen) atoms. The van der Waals surface area contributed by atoms with Crippen molar-refractivity contribution < 1.29 is 9.90 Å². The molecule has 1 amide bonds. The van der Waals surface area contributed by atoms with Gasteiger partial charge in [0.1, 0.15) is 10.3 Å². The number of aromatic nitrogens is 1. The molecular formula is C15H20Cl2N2O2. The zero-order valence-electron chi connectivity index (χ0n) is 12.0. The molecule has 116 valence electrons. The Morgan fingerprint density at radius 1 is 1.43 bits per heavy atom. The minimum absolute atomic E-state index is 0.0710. The number of rotatable bonds is 4. The molecule has 1 saturated carbocycles. The Hall–Kier alpha value is -0.840. The van der Waals surface area contributed by atoms with Gasteiger partial charge in [-0.15, -0.1) is 0 Å². The summed E-state index contributed by atoms with van der Waals surface area (Å²) in [5.74, 6) is 0.353. The van der Waals surface area contributed by atoms with Crippen LogP contribution < -0.4 is 5.32 Å². The van der Waals surface area contributed by atoms with E-state index in [1.54, 1.807) is 0 Å². The fourth-order valence-corrected chi connectivity index (χ4v) is 3.15. The highest BCUT2D eigenvalue weighted by Gasteiger charge is 2.33. The van der Waals surface area contributed by atoms with Gasteiger partial charge < -0.3 is 10.4 Å². The van der Waals surface area contributed by atoms with E-state index in [4.69, 9.17) is 23.2 Å². The molecule has 2 N–H and O–H groups in total. The van der Waals surface area contributed by atoms with Crippen molar-refractivity contribution in [2.75, 3.05) is 6.54 Å². The zero-order valence-corrected chi connectivity index (χ0v) is 13.5. The average Bonchev–Trinajstić information content (AvgIpc) is 2.46. The molecule has 0 radical (unpaired) electrons. The SMILES string of the molecule is CCC1CCC(O)(CNC(=O)c2ccc(Cl)nc2Cl)CC1. The summed E-state index contributed by atoms with van der Waals surface area (Å²) < 4.78 is 0. The van der Waals surface area contributed by atoms with E-state index in [0.717, 1.165) is 32.1 Å². The standard InChI is InChI=1S/C15H20Cl2N2O2/c1-2-10-5-7-15(21,8-6-10)9-18-14(20)11-3-4-12(16)19-13(11)17/h3-4,10,21H,2,5-9H2,1H3,(H,18,20). The summed E-state index contributed by atoms with van der Waals surface area (Å²) in [7, 11) is 0. The van der Waals surface area contributed by atoms with Crippen LogP contribution in [0.1, 0.15) is 49.4 Å². The van der Waals surface area contributed by atoms with Crippen LogP contribution in [0.4, 0.5) is 0 Å². The van der Waals surface area contributed by atoms with Gasteiger partial charge in [-0.05, 0) is 43.7 Å². The van der Waals surface area contributed by atoms with Crippen LogP contribution in [0.3, 0.4) is 0 Å². The number of carbonyl (C=O) groups excluding carboxylic acids is 1. The van der Waals surface area contributed by atoms with Crippen LogP contribution in [-0.4, -0.2) is 28.1 Å². The molecule has 0 unspecified atom stereocenters. The minimum Gasteiger partial charge on any atom is -0.388 e. The smallest absolute Gasteiger partial charge is 0.254 e. The summed E-state index contributed by atoms with van der Waals surface area (Å²) >= 11 is 11.6. The summed E-state index contributed by atoms with van der Waals surface area (Å²) in [6.07, 6.45) is 4.60. The topological polar surface area (TPSA) is 62.2 Å². The molecule has 0 spiro atoms. The van der Waals surface area contributed by atoms with Crippen LogP contribution >= 0.6 is 23.2 Å². The lowest BCUT2D eigenvalue weighted by Gasteiger charge is -2.35. The number of carbonyl (C=O) groups is 1. The Morgan fingerprint density at radius 2 is 2.10 bits per heavy atom. The third-order valence-corrected chi connectivity index (χ3v) is 4.75. The number of halogens is 2. The fourth-order valence-electron chi connectivity index (χ4n) is 2.72. The van der Waals surface area contributed by atoms with Crippen LogP contribution in [0.5, 0.6) is 0 Å². The van der Waals surface area contributed by atoms with Crippen LogP contribution in [0, 0.1) is 5.92 Å². The lowest BCUT2D eigenvalue weighted by molar-refractivity contribution is -0.00786. The van der Waals surface area contributed by atoms with E-state index < -0.39 is 5.60 Å². The fraction of sp³-hybridized carbons (Fsp3) is 0.600. The second-order valence-electron chi connectivity index (χ2n) is 5.73. The van der Waals surface area contributed by atoms with Crippen molar-refractivity contribution in [3.63, 3.8) is 0 Å². The monoisotopic (exact) mass is 330 g/mol. The first-order chi connectivity index (χ1) is 9.93. The second-order valence-corrected chi connectivity index (χ2v) is 6.48. The quantitative estimate of drug-likeness (QED) is 0.831. The van der Waals surface area contributed by atoms with Gasteiger partial charge in [0.05, 0.1) is 11.2 Å². The Balaban J connectivity index is 1.92. The van der Waals surface area contributed by atoms with E-state index in [2.05, 4.69) is 17.2 Å². The summed E-state index contributed by atoms with van der Waals surface area (Å²) in [5.41, 5.74) is -0.542. The number of hydrogen-bond acceptors (Lipinski definition) is 3. The minimum atomic E-state index is -0.812. The number of nitrogens with one attached hydrogen (secondary N) is 1. The van der Waals surface area contributed by atoms with Gasteiger partial charge in [0.25, 0.3) is 5.91 Å². The number of amides is 1. The summed E-state index contributed by atoms with van der Waals surface area (Å²) in [6, 6.07) is 3.05. The zero-order chi connectivity index (χ0) is 15.5. The van der Waals surface area contributed by atoms with Gasteiger partial charge in [-0.2, -0.15) is 0 Å². The van der Waals surface area contributed by atoms with Gasteiger partial charge >= 0.3 is 0 Å². The van der Waals surface area contributed by atoms with Crippen molar-refractivity contribution in [2.24, 2.45) is 5.92 Å². The molecule has 0 aromatic carbocycles. The molecule has 2 rings (SSSR count). The third kappa shape index (κ3) is 4.31. The van der Waals surface area contributed by atoms with E-state index in [1.807, 2.05) is 0 Å². The van der Waals surface area contributed by atoms with E-state index in [0.29, 0.717) is 5.92 Å². The molecule has 0 atom stereocenters. The molecule has 1 aliphatic carbocycles. The third-order valence-electron chi connectivity index (χ3n) is 4.25. The number of hydrogen-bond donors (Lipinski definition) is 2. The van der Waals surface area contributed by atoms with E-state index >= 15 is 0 Å². The van der Waals surface area contributed by atoms with Crippen molar-refractivity contribution in [2.45, 2.75) is 44.6 Å². The highest BCUT2D eigenvalue weighted by Crippen LogP contribution is 2.33. The van der Waals surface area contributed by atoms with Crippen molar-refractivity contribution in [1.82, 2.24) is 10.3 Å².